The molecule has 1 amide bonds. The van der Waals surface area contributed by atoms with Gasteiger partial charge in [0.1, 0.15) is 0 Å². The first-order valence-electron chi connectivity index (χ1n) is 11.6. The number of aromatic nitrogens is 4. The predicted molar refractivity (Wildman–Crippen MR) is 143 cm³/mol. The number of hydrogen-bond donors (Lipinski definition) is 3. The monoisotopic (exact) mass is 477 g/mol. The van der Waals surface area contributed by atoms with E-state index in [-0.39, 0.29) is 5.91 Å². The van der Waals surface area contributed by atoms with Crippen LogP contribution in [0, 0.1) is 6.92 Å². The number of H-pyrrole nitrogens is 1. The second-order valence-corrected chi connectivity index (χ2v) is 8.93. The van der Waals surface area contributed by atoms with Gasteiger partial charge in [-0.2, -0.15) is 0 Å². The zero-order valence-electron chi connectivity index (χ0n) is 20.4. The Morgan fingerprint density at radius 3 is 2.75 bits per heavy atom. The summed E-state index contributed by atoms with van der Waals surface area (Å²) in [6.45, 7) is 2.82. The molecule has 0 aliphatic carbocycles. The Morgan fingerprint density at radius 2 is 1.94 bits per heavy atom. The molecule has 0 saturated carbocycles. The van der Waals surface area contributed by atoms with Gasteiger partial charge in [0.15, 0.2) is 0 Å². The lowest BCUT2D eigenvalue weighted by Crippen LogP contribution is -2.12. The maximum Gasteiger partial charge on any atom is 0.255 e. The van der Waals surface area contributed by atoms with E-state index in [1.807, 2.05) is 81.8 Å². The van der Waals surface area contributed by atoms with E-state index in [1.54, 1.807) is 18.6 Å². The Labute approximate surface area is 209 Å². The molecule has 8 heteroatoms. The van der Waals surface area contributed by atoms with E-state index in [0.717, 1.165) is 40.0 Å². The molecule has 0 spiro atoms. The van der Waals surface area contributed by atoms with E-state index in [4.69, 9.17) is 0 Å². The normalized spacial score (nSPS) is 11.1. The van der Waals surface area contributed by atoms with Crippen molar-refractivity contribution in [1.82, 2.24) is 24.8 Å². The highest BCUT2D eigenvalue weighted by Gasteiger charge is 2.12. The van der Waals surface area contributed by atoms with E-state index in [9.17, 15) is 4.79 Å². The van der Waals surface area contributed by atoms with Crippen LogP contribution in [0.25, 0.3) is 22.2 Å². The van der Waals surface area contributed by atoms with Crippen molar-refractivity contribution in [3.05, 3.63) is 96.1 Å². The fourth-order valence-electron chi connectivity index (χ4n) is 4.05. The number of amides is 1. The predicted octanol–water partition coefficient (Wildman–Crippen LogP) is 5.39. The summed E-state index contributed by atoms with van der Waals surface area (Å²) in [4.78, 5) is 31.5. The molecule has 3 aromatic heterocycles. The number of aryl methyl sites for hydroxylation is 1. The number of hydrogen-bond acceptors (Lipinski definition) is 6. The molecule has 0 aliphatic heterocycles. The third kappa shape index (κ3) is 5.08. The largest absolute Gasteiger partial charge is 0.361 e. The molecule has 3 heterocycles. The van der Waals surface area contributed by atoms with E-state index in [2.05, 4.69) is 35.5 Å². The summed E-state index contributed by atoms with van der Waals surface area (Å²) >= 11 is 0. The van der Waals surface area contributed by atoms with Crippen molar-refractivity contribution in [2.45, 2.75) is 13.5 Å². The van der Waals surface area contributed by atoms with Crippen molar-refractivity contribution in [2.24, 2.45) is 0 Å². The van der Waals surface area contributed by atoms with E-state index in [0.29, 0.717) is 17.2 Å². The van der Waals surface area contributed by atoms with Gasteiger partial charge in [-0.3, -0.25) is 9.78 Å². The SMILES string of the molecule is Cc1ccc(NC(=O)c2ccc3c(CN(C)C)c[nH]c3c2)cc1Nc1nccc(-c2cccnc2)n1. The van der Waals surface area contributed by atoms with Crippen molar-refractivity contribution in [2.75, 3.05) is 24.7 Å². The third-order valence-electron chi connectivity index (χ3n) is 5.87. The number of pyridine rings is 1. The molecule has 5 aromatic rings. The summed E-state index contributed by atoms with van der Waals surface area (Å²) in [6.07, 6.45) is 7.20. The molecule has 0 radical (unpaired) electrons. The fourth-order valence-corrected chi connectivity index (χ4v) is 4.05. The lowest BCUT2D eigenvalue weighted by Gasteiger charge is -2.12. The maximum absolute atomic E-state index is 13.0. The Morgan fingerprint density at radius 1 is 1.06 bits per heavy atom. The van der Waals surface area contributed by atoms with Gasteiger partial charge in [0.2, 0.25) is 5.95 Å². The van der Waals surface area contributed by atoms with Crippen LogP contribution in [0.1, 0.15) is 21.5 Å². The van der Waals surface area contributed by atoms with Crippen LogP contribution >= 0.6 is 0 Å². The quantitative estimate of drug-likeness (QED) is 0.291. The molecular weight excluding hydrogens is 450 g/mol. The van der Waals surface area contributed by atoms with Crippen LogP contribution in [-0.4, -0.2) is 44.8 Å². The Bertz CT molecular complexity index is 1530. The van der Waals surface area contributed by atoms with Crippen LogP contribution in [-0.2, 0) is 6.54 Å². The maximum atomic E-state index is 13.0. The van der Waals surface area contributed by atoms with Crippen LogP contribution in [0.4, 0.5) is 17.3 Å². The Balaban J connectivity index is 1.33. The van der Waals surface area contributed by atoms with Crippen molar-refractivity contribution in [1.29, 1.82) is 0 Å². The summed E-state index contributed by atoms with van der Waals surface area (Å²) in [7, 11) is 4.07. The molecule has 3 N–H and O–H groups in total. The number of carbonyl (C=O) groups is 1. The molecule has 5 rings (SSSR count). The first-order valence-corrected chi connectivity index (χ1v) is 11.6. The zero-order chi connectivity index (χ0) is 25.1. The van der Waals surface area contributed by atoms with Gasteiger partial charge in [0.25, 0.3) is 5.91 Å². The van der Waals surface area contributed by atoms with Gasteiger partial charge in [0.05, 0.1) is 5.69 Å². The molecule has 0 fully saturated rings. The Kier molecular flexibility index (Phi) is 6.42. The molecule has 0 saturated heterocycles. The number of fused-ring (bicyclic) bond motifs is 1. The highest BCUT2D eigenvalue weighted by atomic mass is 16.1. The number of rotatable bonds is 7. The van der Waals surface area contributed by atoms with E-state index in [1.165, 1.54) is 5.56 Å². The lowest BCUT2D eigenvalue weighted by molar-refractivity contribution is 0.102. The molecule has 0 atom stereocenters. The number of carbonyl (C=O) groups excluding carboxylic acids is 1. The van der Waals surface area contributed by atoms with Crippen LogP contribution in [0.3, 0.4) is 0 Å². The van der Waals surface area contributed by atoms with Gasteiger partial charge in [-0.05, 0) is 74.6 Å². The summed E-state index contributed by atoms with van der Waals surface area (Å²) in [5.41, 5.74) is 6.90. The topological polar surface area (TPSA) is 98.8 Å². The van der Waals surface area contributed by atoms with Crippen molar-refractivity contribution in [3.63, 3.8) is 0 Å². The number of nitrogens with one attached hydrogen (secondary N) is 3. The van der Waals surface area contributed by atoms with Gasteiger partial charge in [-0.15, -0.1) is 0 Å². The van der Waals surface area contributed by atoms with Gasteiger partial charge in [-0.25, -0.2) is 9.97 Å². The second-order valence-electron chi connectivity index (χ2n) is 8.93. The van der Waals surface area contributed by atoms with Gasteiger partial charge < -0.3 is 20.5 Å². The molecule has 8 nitrogen and oxygen atoms in total. The summed E-state index contributed by atoms with van der Waals surface area (Å²) in [5, 5.41) is 7.40. The highest BCUT2D eigenvalue weighted by molar-refractivity contribution is 6.06. The standard InChI is InChI=1S/C28H27N7O/c1-18-6-8-22(14-25(18)34-28-30-12-10-24(33-28)20-5-4-11-29-15-20)32-27(36)19-7-9-23-21(17-35(2)3)16-31-26(23)13-19/h4-16,31H,17H2,1-3H3,(H,32,36)(H,30,33,34). The minimum Gasteiger partial charge on any atom is -0.361 e. The van der Waals surface area contributed by atoms with Crippen LogP contribution in [0.2, 0.25) is 0 Å². The molecule has 2 aromatic carbocycles. The van der Waals surface area contributed by atoms with Crippen LogP contribution in [0.15, 0.2) is 79.4 Å². The Hall–Kier alpha value is -4.56. The van der Waals surface area contributed by atoms with E-state index < -0.39 is 0 Å². The molecular formula is C28H27N7O. The van der Waals surface area contributed by atoms with Gasteiger partial charge in [-0.1, -0.05) is 12.1 Å². The molecule has 0 unspecified atom stereocenters. The molecule has 180 valence electrons. The van der Waals surface area contributed by atoms with Crippen molar-refractivity contribution in [3.8, 4) is 11.3 Å². The number of nitrogens with zero attached hydrogens (tertiary/aromatic N) is 4. The van der Waals surface area contributed by atoms with E-state index >= 15 is 0 Å². The third-order valence-corrected chi connectivity index (χ3v) is 5.87. The summed E-state index contributed by atoms with van der Waals surface area (Å²) in [6, 6.07) is 17.1. The fraction of sp³-hybridized carbons (Fsp3) is 0.143. The summed E-state index contributed by atoms with van der Waals surface area (Å²) < 4.78 is 0. The highest BCUT2D eigenvalue weighted by Crippen LogP contribution is 2.25. The first-order chi connectivity index (χ1) is 17.5. The van der Waals surface area contributed by atoms with Gasteiger partial charge in [0, 0.05) is 64.7 Å². The van der Waals surface area contributed by atoms with Crippen LogP contribution < -0.4 is 10.6 Å². The smallest absolute Gasteiger partial charge is 0.255 e. The molecule has 0 aliphatic rings. The number of aromatic amines is 1. The second kappa shape index (κ2) is 9.97. The molecule has 0 bridgehead atoms. The van der Waals surface area contributed by atoms with Crippen molar-refractivity contribution < 1.29 is 4.79 Å². The number of benzene rings is 2. The van der Waals surface area contributed by atoms with Gasteiger partial charge >= 0.3 is 0 Å². The zero-order valence-corrected chi connectivity index (χ0v) is 20.4. The van der Waals surface area contributed by atoms with Crippen molar-refractivity contribution >= 4 is 34.1 Å². The average Bonchev–Trinajstić information content (AvgIpc) is 3.28. The molecule has 36 heavy (non-hydrogen) atoms. The lowest BCUT2D eigenvalue weighted by atomic mass is 10.1. The minimum atomic E-state index is -0.176. The minimum absolute atomic E-state index is 0.176. The first kappa shape index (κ1) is 23.2. The number of anilines is 3. The van der Waals surface area contributed by atoms with Crippen LogP contribution in [0.5, 0.6) is 0 Å². The average molecular weight is 478 g/mol. The summed E-state index contributed by atoms with van der Waals surface area (Å²) in [5.74, 6) is 0.291.